The summed E-state index contributed by atoms with van der Waals surface area (Å²) in [4.78, 5) is 36.4. The number of hydrogen-bond donors (Lipinski definition) is 1. The van der Waals surface area contributed by atoms with Crippen molar-refractivity contribution < 1.29 is 41.8 Å². The molecule has 0 bridgehead atoms. The Labute approximate surface area is 215 Å². The fourth-order valence-corrected chi connectivity index (χ4v) is 3.59. The molecular formula is C26H21ClF3NO6. The van der Waals surface area contributed by atoms with E-state index >= 15 is 0 Å². The summed E-state index contributed by atoms with van der Waals surface area (Å²) in [6.45, 7) is 0. The number of amides is 1. The van der Waals surface area contributed by atoms with E-state index in [-0.39, 0.29) is 52.1 Å². The minimum absolute atomic E-state index is 0.00237. The third kappa shape index (κ3) is 7.23. The third-order valence-corrected chi connectivity index (χ3v) is 5.51. The zero-order valence-corrected chi connectivity index (χ0v) is 20.4. The van der Waals surface area contributed by atoms with E-state index in [4.69, 9.17) is 16.3 Å². The van der Waals surface area contributed by atoms with Gasteiger partial charge in [-0.05, 0) is 60.5 Å². The second kappa shape index (κ2) is 11.8. The lowest BCUT2D eigenvalue weighted by atomic mass is 10.1. The first-order valence-corrected chi connectivity index (χ1v) is 11.1. The topological polar surface area (TPSA) is 90.9 Å². The summed E-state index contributed by atoms with van der Waals surface area (Å²) in [5.74, 6) is -1.65. The van der Waals surface area contributed by atoms with Crippen LogP contribution in [0.2, 0.25) is 5.02 Å². The van der Waals surface area contributed by atoms with Crippen molar-refractivity contribution in [2.75, 3.05) is 19.5 Å². The van der Waals surface area contributed by atoms with Crippen molar-refractivity contribution in [1.82, 2.24) is 0 Å². The number of aryl methyl sites for hydroxylation is 1. The Bertz CT molecular complexity index is 1330. The smallest absolute Gasteiger partial charge is 0.416 e. The van der Waals surface area contributed by atoms with E-state index in [1.807, 2.05) is 0 Å². The molecule has 1 amide bonds. The van der Waals surface area contributed by atoms with Gasteiger partial charge in [0, 0.05) is 17.1 Å². The molecule has 1 N–H and O–H groups in total. The largest absolute Gasteiger partial charge is 0.465 e. The summed E-state index contributed by atoms with van der Waals surface area (Å²) in [5, 5.41) is 2.91. The van der Waals surface area contributed by atoms with Gasteiger partial charge in [-0.1, -0.05) is 23.7 Å². The fraction of sp³-hybridized carbons (Fsp3) is 0.192. The fourth-order valence-electron chi connectivity index (χ4n) is 3.33. The van der Waals surface area contributed by atoms with Crippen LogP contribution < -0.4 is 10.1 Å². The van der Waals surface area contributed by atoms with Crippen molar-refractivity contribution >= 4 is 35.1 Å². The molecule has 0 atom stereocenters. The first-order valence-electron chi connectivity index (χ1n) is 10.8. The van der Waals surface area contributed by atoms with Crippen LogP contribution in [0.4, 0.5) is 18.9 Å². The average Bonchev–Trinajstić information content (AvgIpc) is 2.87. The lowest BCUT2D eigenvalue weighted by Crippen LogP contribution is -2.15. The van der Waals surface area contributed by atoms with Crippen LogP contribution in [0.15, 0.2) is 60.7 Å². The van der Waals surface area contributed by atoms with Crippen LogP contribution in [0.25, 0.3) is 0 Å². The van der Waals surface area contributed by atoms with E-state index in [9.17, 15) is 27.6 Å². The number of esters is 2. The first kappa shape index (κ1) is 27.5. The molecule has 11 heteroatoms. The summed E-state index contributed by atoms with van der Waals surface area (Å²) in [6, 6.07) is 13.2. The Hall–Kier alpha value is -4.05. The molecule has 0 saturated carbocycles. The van der Waals surface area contributed by atoms with Gasteiger partial charge in [0.15, 0.2) is 0 Å². The number of rotatable bonds is 8. The maximum absolute atomic E-state index is 12.9. The molecule has 0 heterocycles. The quantitative estimate of drug-likeness (QED) is 0.341. The Kier molecular flexibility index (Phi) is 8.77. The van der Waals surface area contributed by atoms with Crippen molar-refractivity contribution in [2.45, 2.75) is 19.0 Å². The Morgan fingerprint density at radius 1 is 0.865 bits per heavy atom. The minimum atomic E-state index is -4.49. The van der Waals surface area contributed by atoms with Gasteiger partial charge in [-0.2, -0.15) is 13.2 Å². The number of carbonyl (C=O) groups is 3. The lowest BCUT2D eigenvalue weighted by molar-refractivity contribution is -0.137. The standard InChI is InChI=1S/C26H21ClF3NO6/c1-35-24(33)20-10-8-17(13-21(20)25(34)36-2)31-23(32)11-7-15-6-9-19(14-22(15)27)37-18-5-3-4-16(12-18)26(28,29)30/h3-6,8-10,12-14H,7,11H2,1-2H3,(H,31,32). The molecule has 194 valence electrons. The van der Waals surface area contributed by atoms with Gasteiger partial charge in [-0.25, -0.2) is 9.59 Å². The highest BCUT2D eigenvalue weighted by atomic mass is 35.5. The molecule has 37 heavy (non-hydrogen) atoms. The minimum Gasteiger partial charge on any atom is -0.465 e. The highest BCUT2D eigenvalue weighted by Crippen LogP contribution is 2.33. The Balaban J connectivity index is 1.64. The zero-order valence-electron chi connectivity index (χ0n) is 19.6. The molecule has 0 radical (unpaired) electrons. The maximum atomic E-state index is 12.9. The summed E-state index contributed by atoms with van der Waals surface area (Å²) in [5.41, 5.74) is -0.0195. The molecule has 7 nitrogen and oxygen atoms in total. The maximum Gasteiger partial charge on any atom is 0.416 e. The van der Waals surface area contributed by atoms with Crippen molar-refractivity contribution in [3.05, 3.63) is 87.9 Å². The molecular weight excluding hydrogens is 515 g/mol. The number of anilines is 1. The second-order valence-electron chi connectivity index (χ2n) is 7.67. The number of halogens is 4. The highest BCUT2D eigenvalue weighted by Gasteiger charge is 2.30. The van der Waals surface area contributed by atoms with Gasteiger partial charge < -0.3 is 19.5 Å². The van der Waals surface area contributed by atoms with E-state index < -0.39 is 23.7 Å². The number of alkyl halides is 3. The van der Waals surface area contributed by atoms with E-state index in [1.165, 1.54) is 49.6 Å². The van der Waals surface area contributed by atoms with Crippen LogP contribution >= 0.6 is 11.6 Å². The van der Waals surface area contributed by atoms with Crippen LogP contribution in [0.5, 0.6) is 11.5 Å². The first-order chi connectivity index (χ1) is 17.5. The van der Waals surface area contributed by atoms with Crippen molar-refractivity contribution in [1.29, 1.82) is 0 Å². The average molecular weight is 536 g/mol. The molecule has 0 aliphatic carbocycles. The number of methoxy groups -OCH3 is 2. The molecule has 0 saturated heterocycles. The Morgan fingerprint density at radius 3 is 2.19 bits per heavy atom. The van der Waals surface area contributed by atoms with Gasteiger partial charge in [-0.15, -0.1) is 0 Å². The van der Waals surface area contributed by atoms with Gasteiger partial charge in [-0.3, -0.25) is 4.79 Å². The van der Waals surface area contributed by atoms with Crippen LogP contribution in [0.3, 0.4) is 0 Å². The normalized spacial score (nSPS) is 11.0. The molecule has 0 spiro atoms. The summed E-state index contributed by atoms with van der Waals surface area (Å²) < 4.78 is 53.5. The highest BCUT2D eigenvalue weighted by molar-refractivity contribution is 6.31. The number of nitrogens with one attached hydrogen (secondary N) is 1. The number of hydrogen-bond acceptors (Lipinski definition) is 6. The molecule has 0 aliphatic rings. The molecule has 3 aromatic carbocycles. The van der Waals surface area contributed by atoms with Crippen molar-refractivity contribution in [2.24, 2.45) is 0 Å². The van der Waals surface area contributed by atoms with Gasteiger partial charge in [0.1, 0.15) is 11.5 Å². The van der Waals surface area contributed by atoms with Crippen LogP contribution in [0.1, 0.15) is 38.3 Å². The van der Waals surface area contributed by atoms with E-state index in [0.29, 0.717) is 5.56 Å². The van der Waals surface area contributed by atoms with Crippen LogP contribution in [-0.2, 0) is 26.9 Å². The summed E-state index contributed by atoms with van der Waals surface area (Å²) >= 11 is 6.29. The van der Waals surface area contributed by atoms with Gasteiger partial charge >= 0.3 is 18.1 Å². The number of ether oxygens (including phenoxy) is 3. The molecule has 0 aliphatic heterocycles. The van der Waals surface area contributed by atoms with E-state index in [2.05, 4.69) is 14.8 Å². The Morgan fingerprint density at radius 2 is 1.54 bits per heavy atom. The SMILES string of the molecule is COC(=O)c1ccc(NC(=O)CCc2ccc(Oc3cccc(C(F)(F)F)c3)cc2Cl)cc1C(=O)OC. The van der Waals surface area contributed by atoms with Gasteiger partial charge in [0.05, 0.1) is 30.9 Å². The van der Waals surface area contributed by atoms with Gasteiger partial charge in [0.2, 0.25) is 5.91 Å². The van der Waals surface area contributed by atoms with Gasteiger partial charge in [0.25, 0.3) is 0 Å². The molecule has 0 unspecified atom stereocenters. The molecule has 3 rings (SSSR count). The van der Waals surface area contributed by atoms with Crippen molar-refractivity contribution in [3.63, 3.8) is 0 Å². The predicted molar refractivity (Wildman–Crippen MR) is 129 cm³/mol. The van der Waals surface area contributed by atoms with E-state index in [1.54, 1.807) is 6.07 Å². The van der Waals surface area contributed by atoms with Crippen molar-refractivity contribution in [3.8, 4) is 11.5 Å². The second-order valence-corrected chi connectivity index (χ2v) is 8.08. The summed E-state index contributed by atoms with van der Waals surface area (Å²) in [7, 11) is 2.34. The zero-order chi connectivity index (χ0) is 27.2. The molecule has 0 aromatic heterocycles. The van der Waals surface area contributed by atoms with Crippen LogP contribution in [-0.4, -0.2) is 32.1 Å². The predicted octanol–water partition coefficient (Wildman–Crippen LogP) is 6.30. The van der Waals surface area contributed by atoms with Crippen LogP contribution in [0, 0.1) is 0 Å². The summed E-state index contributed by atoms with van der Waals surface area (Å²) in [6.07, 6.45) is -4.22. The monoisotopic (exact) mass is 535 g/mol. The van der Waals surface area contributed by atoms with E-state index in [0.717, 1.165) is 19.2 Å². The number of carbonyl (C=O) groups excluding carboxylic acids is 3. The molecule has 3 aromatic rings. The number of benzene rings is 3. The lowest BCUT2D eigenvalue weighted by Gasteiger charge is -2.12. The molecule has 0 fully saturated rings. The third-order valence-electron chi connectivity index (χ3n) is 5.16.